The number of hydrogen-bond donors (Lipinski definition) is 1. The van der Waals surface area contributed by atoms with E-state index in [0.717, 1.165) is 10.4 Å². The van der Waals surface area contributed by atoms with Gasteiger partial charge in [-0.15, -0.1) is 0 Å². The van der Waals surface area contributed by atoms with Crippen LogP contribution in [0.5, 0.6) is 0 Å². The van der Waals surface area contributed by atoms with E-state index < -0.39 is 26.1 Å². The molecule has 3 aromatic rings. The molecule has 0 aliphatic rings. The van der Waals surface area contributed by atoms with Crippen molar-refractivity contribution >= 4 is 53.8 Å². The Morgan fingerprint density at radius 3 is 2.00 bits per heavy atom. The van der Waals surface area contributed by atoms with E-state index in [4.69, 9.17) is 32.4 Å². The highest BCUT2D eigenvalue weighted by Gasteiger charge is 2.50. The second-order valence-electron chi connectivity index (χ2n) is 10.1. The first kappa shape index (κ1) is 29.9. The SMILES string of the molecule is CCOC(=O)C(CCO[Si](c1ccccc1)(c1ccccc1)C(C)(C)C)C(=O)NCc1ccc(Cl)cc1Cl. The van der Waals surface area contributed by atoms with Gasteiger partial charge in [-0.05, 0) is 46.5 Å². The molecule has 202 valence electrons. The maximum Gasteiger partial charge on any atom is 0.318 e. The molecule has 0 aromatic heterocycles. The summed E-state index contributed by atoms with van der Waals surface area (Å²) in [5.41, 5.74) is 0.704. The zero-order chi connectivity index (χ0) is 27.8. The van der Waals surface area contributed by atoms with Gasteiger partial charge in [-0.25, -0.2) is 0 Å². The van der Waals surface area contributed by atoms with Gasteiger partial charge in [0, 0.05) is 23.2 Å². The number of halogens is 2. The normalized spacial score (nSPS) is 12.6. The smallest absolute Gasteiger partial charge is 0.318 e. The van der Waals surface area contributed by atoms with E-state index in [2.05, 4.69) is 50.4 Å². The Morgan fingerprint density at radius 1 is 0.921 bits per heavy atom. The molecule has 3 rings (SSSR count). The summed E-state index contributed by atoms with van der Waals surface area (Å²) in [7, 11) is -2.80. The van der Waals surface area contributed by atoms with Crippen LogP contribution in [0.2, 0.25) is 15.1 Å². The predicted molar refractivity (Wildman–Crippen MR) is 157 cm³/mol. The minimum atomic E-state index is -2.80. The van der Waals surface area contributed by atoms with E-state index in [1.54, 1.807) is 25.1 Å². The van der Waals surface area contributed by atoms with Gasteiger partial charge < -0.3 is 14.5 Å². The maximum absolute atomic E-state index is 13.2. The number of esters is 1. The van der Waals surface area contributed by atoms with Crippen molar-refractivity contribution < 1.29 is 18.8 Å². The average Bonchev–Trinajstić information content (AvgIpc) is 2.88. The molecular formula is C30H35Cl2NO4Si. The highest BCUT2D eigenvalue weighted by molar-refractivity contribution is 6.99. The van der Waals surface area contributed by atoms with Crippen LogP contribution in [0.25, 0.3) is 0 Å². The molecule has 0 bridgehead atoms. The molecule has 0 heterocycles. The fourth-order valence-electron chi connectivity index (χ4n) is 4.66. The monoisotopic (exact) mass is 571 g/mol. The van der Waals surface area contributed by atoms with Crippen LogP contribution in [0.4, 0.5) is 0 Å². The lowest BCUT2D eigenvalue weighted by atomic mass is 10.1. The fourth-order valence-corrected chi connectivity index (χ4v) is 9.72. The van der Waals surface area contributed by atoms with Gasteiger partial charge in [-0.2, -0.15) is 0 Å². The van der Waals surface area contributed by atoms with E-state index in [1.165, 1.54) is 0 Å². The summed E-state index contributed by atoms with van der Waals surface area (Å²) < 4.78 is 12.1. The first-order valence-electron chi connectivity index (χ1n) is 12.7. The molecule has 3 aromatic carbocycles. The van der Waals surface area contributed by atoms with Gasteiger partial charge >= 0.3 is 5.97 Å². The Hall–Kier alpha value is -2.64. The maximum atomic E-state index is 13.2. The van der Waals surface area contributed by atoms with Crippen LogP contribution in [-0.2, 0) is 25.3 Å². The van der Waals surface area contributed by atoms with Crippen molar-refractivity contribution in [2.75, 3.05) is 13.2 Å². The summed E-state index contributed by atoms with van der Waals surface area (Å²) in [5, 5.41) is 5.83. The lowest BCUT2D eigenvalue weighted by Gasteiger charge is -2.43. The number of amides is 1. The number of ether oxygens (including phenoxy) is 1. The lowest BCUT2D eigenvalue weighted by molar-refractivity contribution is -0.152. The van der Waals surface area contributed by atoms with Crippen molar-refractivity contribution in [2.45, 2.75) is 45.7 Å². The summed E-state index contributed by atoms with van der Waals surface area (Å²) in [4.78, 5) is 26.0. The molecule has 1 atom stereocenters. The molecular weight excluding hydrogens is 537 g/mol. The zero-order valence-corrected chi connectivity index (χ0v) is 24.8. The predicted octanol–water partition coefficient (Wildman–Crippen LogP) is 5.76. The molecule has 0 fully saturated rings. The zero-order valence-electron chi connectivity index (χ0n) is 22.3. The fraction of sp³-hybridized carbons (Fsp3) is 0.333. The van der Waals surface area contributed by atoms with Crippen LogP contribution in [-0.4, -0.2) is 33.4 Å². The van der Waals surface area contributed by atoms with Gasteiger partial charge in [-0.3, -0.25) is 9.59 Å². The second kappa shape index (κ2) is 13.4. The van der Waals surface area contributed by atoms with Crippen LogP contribution in [0.1, 0.15) is 39.7 Å². The Morgan fingerprint density at radius 2 is 1.50 bits per heavy atom. The first-order chi connectivity index (χ1) is 18.1. The van der Waals surface area contributed by atoms with Gasteiger partial charge in [0.25, 0.3) is 8.32 Å². The largest absolute Gasteiger partial charge is 0.465 e. The van der Waals surface area contributed by atoms with Crippen LogP contribution < -0.4 is 15.7 Å². The Kier molecular flexibility index (Phi) is 10.6. The Bertz CT molecular complexity index is 1180. The summed E-state index contributed by atoms with van der Waals surface area (Å²) >= 11 is 12.2. The van der Waals surface area contributed by atoms with E-state index in [-0.39, 0.29) is 31.2 Å². The quantitative estimate of drug-likeness (QED) is 0.180. The van der Waals surface area contributed by atoms with Crippen molar-refractivity contribution in [3.05, 3.63) is 94.5 Å². The van der Waals surface area contributed by atoms with Gasteiger partial charge in [-0.1, -0.05) is 111 Å². The molecule has 1 N–H and O–H groups in total. The molecule has 5 nitrogen and oxygen atoms in total. The number of carbonyl (C=O) groups excluding carboxylic acids is 2. The van der Waals surface area contributed by atoms with Crippen molar-refractivity contribution in [2.24, 2.45) is 5.92 Å². The highest BCUT2D eigenvalue weighted by atomic mass is 35.5. The minimum Gasteiger partial charge on any atom is -0.465 e. The van der Waals surface area contributed by atoms with E-state index >= 15 is 0 Å². The number of hydrogen-bond acceptors (Lipinski definition) is 4. The molecule has 0 saturated carbocycles. The van der Waals surface area contributed by atoms with Crippen LogP contribution in [0.3, 0.4) is 0 Å². The van der Waals surface area contributed by atoms with Crippen molar-refractivity contribution in [3.63, 3.8) is 0 Å². The average molecular weight is 573 g/mol. The van der Waals surface area contributed by atoms with E-state index in [9.17, 15) is 9.59 Å². The highest BCUT2D eigenvalue weighted by Crippen LogP contribution is 2.37. The number of carbonyl (C=O) groups is 2. The van der Waals surface area contributed by atoms with E-state index in [0.29, 0.717) is 15.6 Å². The van der Waals surface area contributed by atoms with Gasteiger partial charge in [0.05, 0.1) is 6.61 Å². The molecule has 1 unspecified atom stereocenters. The Balaban J connectivity index is 1.85. The topological polar surface area (TPSA) is 64.6 Å². The third-order valence-corrected chi connectivity index (χ3v) is 12.1. The second-order valence-corrected chi connectivity index (χ2v) is 15.2. The summed E-state index contributed by atoms with van der Waals surface area (Å²) in [5.74, 6) is -2.02. The molecule has 0 aliphatic carbocycles. The van der Waals surface area contributed by atoms with Crippen LogP contribution >= 0.6 is 23.2 Å². The van der Waals surface area contributed by atoms with Gasteiger partial charge in [0.2, 0.25) is 5.91 Å². The molecule has 0 radical (unpaired) electrons. The first-order valence-corrected chi connectivity index (χ1v) is 15.4. The van der Waals surface area contributed by atoms with Crippen LogP contribution in [0.15, 0.2) is 78.9 Å². The lowest BCUT2D eigenvalue weighted by Crippen LogP contribution is -2.66. The summed E-state index contributed by atoms with van der Waals surface area (Å²) in [6.07, 6.45) is 0.184. The molecule has 8 heteroatoms. The standard InChI is InChI=1S/C30H35Cl2NO4Si/c1-5-36-29(35)26(28(34)33-21-22-16-17-23(31)20-27(22)32)18-19-37-38(30(2,3)4,24-12-8-6-9-13-24)25-14-10-7-11-15-25/h6-17,20,26H,5,18-19,21H2,1-4H3,(H,33,34). The van der Waals surface area contributed by atoms with Crippen molar-refractivity contribution in [1.82, 2.24) is 5.32 Å². The van der Waals surface area contributed by atoms with Gasteiger partial charge in [0.1, 0.15) is 5.92 Å². The summed E-state index contributed by atoms with van der Waals surface area (Å²) in [6, 6.07) is 25.6. The summed E-state index contributed by atoms with van der Waals surface area (Å²) in [6.45, 7) is 8.84. The number of rotatable bonds is 11. The molecule has 0 spiro atoms. The minimum absolute atomic E-state index is 0.167. The van der Waals surface area contributed by atoms with Gasteiger partial charge in [0.15, 0.2) is 0 Å². The molecule has 38 heavy (non-hydrogen) atoms. The van der Waals surface area contributed by atoms with Crippen molar-refractivity contribution in [3.8, 4) is 0 Å². The van der Waals surface area contributed by atoms with E-state index in [1.807, 2.05) is 36.4 Å². The van der Waals surface area contributed by atoms with Crippen molar-refractivity contribution in [1.29, 1.82) is 0 Å². The molecule has 0 saturated heterocycles. The third-order valence-electron chi connectivity index (χ3n) is 6.50. The van der Waals surface area contributed by atoms with Crippen LogP contribution in [0, 0.1) is 5.92 Å². The number of nitrogens with one attached hydrogen (secondary N) is 1. The molecule has 1 amide bonds. The third kappa shape index (κ3) is 7.06. The Labute approximate surface area is 236 Å². The molecule has 0 aliphatic heterocycles. The number of benzene rings is 3.